The van der Waals surface area contributed by atoms with Crippen LogP contribution < -0.4 is 10.5 Å². The van der Waals surface area contributed by atoms with Crippen molar-refractivity contribution in [1.82, 2.24) is 9.88 Å². The summed E-state index contributed by atoms with van der Waals surface area (Å²) in [6.45, 7) is 1.50. The number of hydrogen-bond donors (Lipinski definition) is 2. The molecule has 0 aliphatic carbocycles. The van der Waals surface area contributed by atoms with E-state index in [0.717, 1.165) is 16.2 Å². The monoisotopic (exact) mass is 527 g/mol. The van der Waals surface area contributed by atoms with Gasteiger partial charge in [0.1, 0.15) is 5.00 Å². The second-order valence-electron chi connectivity index (χ2n) is 7.70. The lowest BCUT2D eigenvalue weighted by atomic mass is 10.1. The van der Waals surface area contributed by atoms with E-state index in [1.54, 1.807) is 31.2 Å². The predicted octanol–water partition coefficient (Wildman–Crippen LogP) is 2.96. The van der Waals surface area contributed by atoms with Gasteiger partial charge in [-0.2, -0.15) is 0 Å². The fourth-order valence-corrected chi connectivity index (χ4v) is 6.13. The van der Waals surface area contributed by atoms with Crippen LogP contribution in [-0.4, -0.2) is 42.7 Å². The number of amides is 2. The quantitative estimate of drug-likeness (QED) is 0.274. The number of oxazole rings is 1. The van der Waals surface area contributed by atoms with Crippen molar-refractivity contribution in [3.05, 3.63) is 80.6 Å². The van der Waals surface area contributed by atoms with Gasteiger partial charge in [-0.05, 0) is 37.3 Å². The van der Waals surface area contributed by atoms with Gasteiger partial charge in [-0.3, -0.25) is 24.2 Å². The number of aromatic amines is 1. The zero-order chi connectivity index (χ0) is 25.6. The van der Waals surface area contributed by atoms with Gasteiger partial charge in [-0.1, -0.05) is 12.1 Å². The summed E-state index contributed by atoms with van der Waals surface area (Å²) in [6, 6.07) is 11.6. The number of aromatic nitrogens is 1. The van der Waals surface area contributed by atoms with Crippen LogP contribution in [0.2, 0.25) is 0 Å². The van der Waals surface area contributed by atoms with Crippen LogP contribution in [0.4, 0.5) is 5.00 Å². The smallest absolute Gasteiger partial charge is 0.417 e. The molecule has 13 heteroatoms. The number of esters is 1. The lowest BCUT2D eigenvalue weighted by Crippen LogP contribution is -2.28. The third-order valence-electron chi connectivity index (χ3n) is 5.40. The van der Waals surface area contributed by atoms with Crippen molar-refractivity contribution in [2.24, 2.45) is 0 Å². The lowest BCUT2D eigenvalue weighted by molar-refractivity contribution is 0.0527. The average Bonchev–Trinajstić information content (AvgIpc) is 3.48. The molecule has 2 aromatic carbocycles. The molecular formula is C23H17N3O8S2. The van der Waals surface area contributed by atoms with Gasteiger partial charge in [0.05, 0.1) is 40.3 Å². The molecule has 4 aromatic rings. The molecule has 0 radical (unpaired) electrons. The molecule has 2 amide bonds. The van der Waals surface area contributed by atoms with Crippen LogP contribution in [0.3, 0.4) is 0 Å². The maximum Gasteiger partial charge on any atom is 0.417 e. The van der Waals surface area contributed by atoms with Gasteiger partial charge in [0, 0.05) is 10.9 Å². The van der Waals surface area contributed by atoms with E-state index in [1.807, 2.05) is 0 Å². The zero-order valence-electron chi connectivity index (χ0n) is 18.6. The van der Waals surface area contributed by atoms with Crippen LogP contribution in [-0.2, 0) is 21.3 Å². The Morgan fingerprint density at radius 2 is 1.78 bits per heavy atom. The molecule has 1 aliphatic heterocycles. The van der Waals surface area contributed by atoms with E-state index in [1.165, 1.54) is 24.3 Å². The third-order valence-corrected chi connectivity index (χ3v) is 7.91. The number of thiophene rings is 1. The number of nitrogens with one attached hydrogen (secondary N) is 2. The maximum atomic E-state index is 13.1. The molecule has 11 nitrogen and oxygen atoms in total. The van der Waals surface area contributed by atoms with E-state index >= 15 is 0 Å². The highest BCUT2D eigenvalue weighted by Crippen LogP contribution is 2.34. The minimum absolute atomic E-state index is 0.0457. The molecule has 0 atom stereocenters. The van der Waals surface area contributed by atoms with E-state index < -0.39 is 33.6 Å². The molecule has 0 spiro atoms. The Balaban J connectivity index is 1.47. The van der Waals surface area contributed by atoms with Crippen molar-refractivity contribution >= 4 is 55.2 Å². The van der Waals surface area contributed by atoms with Crippen LogP contribution in [0.5, 0.6) is 0 Å². The molecule has 5 rings (SSSR count). The Morgan fingerprint density at radius 3 is 2.44 bits per heavy atom. The van der Waals surface area contributed by atoms with Crippen LogP contribution in [0.15, 0.2) is 62.6 Å². The maximum absolute atomic E-state index is 13.1. The standard InChI is InChI=1S/C23H17N3O8S2/c1-2-33-22(29)16-9-12(11-26-20(27)14-5-3-4-6-15(14)21(26)28)35-19(16)25-36(31,32)13-7-8-17-18(10-13)34-23(30)24-17/h3-10,25H,2,11H2,1H3,(H,24,30). The summed E-state index contributed by atoms with van der Waals surface area (Å²) >= 11 is 0.896. The topological polar surface area (TPSA) is 156 Å². The SMILES string of the molecule is CCOC(=O)c1cc(CN2C(=O)c3ccccc3C2=O)sc1NS(=O)(=O)c1ccc2[nH]c(=O)oc2c1. The second-order valence-corrected chi connectivity index (χ2v) is 10.5. The third kappa shape index (κ3) is 4.07. The number of nitrogens with zero attached hydrogens (tertiary/aromatic N) is 1. The summed E-state index contributed by atoms with van der Waals surface area (Å²) in [5.74, 6) is -2.46. The fraction of sp³-hybridized carbons (Fsp3) is 0.130. The van der Waals surface area contributed by atoms with Crippen molar-refractivity contribution in [2.75, 3.05) is 11.3 Å². The normalized spacial score (nSPS) is 13.3. The van der Waals surface area contributed by atoms with Crippen molar-refractivity contribution in [1.29, 1.82) is 0 Å². The first-order valence-electron chi connectivity index (χ1n) is 10.6. The number of benzene rings is 2. The molecule has 184 valence electrons. The number of imide groups is 1. The summed E-state index contributed by atoms with van der Waals surface area (Å²) < 4.78 is 38.5. The summed E-state index contributed by atoms with van der Waals surface area (Å²) in [5.41, 5.74) is 0.859. The number of ether oxygens (including phenoxy) is 1. The molecule has 0 fully saturated rings. The molecule has 2 aromatic heterocycles. The molecule has 2 N–H and O–H groups in total. The summed E-state index contributed by atoms with van der Waals surface area (Å²) in [5, 5.41) is -0.0457. The van der Waals surface area contributed by atoms with E-state index in [-0.39, 0.29) is 45.3 Å². The highest BCUT2D eigenvalue weighted by molar-refractivity contribution is 7.93. The fourth-order valence-electron chi connectivity index (χ4n) is 3.77. The molecule has 0 saturated heterocycles. The Labute approximate surface area is 207 Å². The molecular weight excluding hydrogens is 510 g/mol. The molecule has 36 heavy (non-hydrogen) atoms. The number of H-pyrrole nitrogens is 1. The Kier molecular flexibility index (Phi) is 5.73. The van der Waals surface area contributed by atoms with Gasteiger partial charge in [0.15, 0.2) is 5.58 Å². The number of carbonyl (C=O) groups excluding carboxylic acids is 3. The largest absolute Gasteiger partial charge is 0.462 e. The molecule has 0 bridgehead atoms. The Bertz CT molecular complexity index is 1680. The number of fused-ring (bicyclic) bond motifs is 2. The summed E-state index contributed by atoms with van der Waals surface area (Å²) in [6.07, 6.45) is 0. The van der Waals surface area contributed by atoms with Gasteiger partial charge < -0.3 is 9.15 Å². The molecule has 3 heterocycles. The molecule has 0 unspecified atom stereocenters. The van der Waals surface area contributed by atoms with Crippen molar-refractivity contribution in [3.63, 3.8) is 0 Å². The highest BCUT2D eigenvalue weighted by atomic mass is 32.2. The minimum atomic E-state index is -4.22. The van der Waals surface area contributed by atoms with Gasteiger partial charge in [0.2, 0.25) is 0 Å². The van der Waals surface area contributed by atoms with Crippen molar-refractivity contribution in [2.45, 2.75) is 18.4 Å². The van der Waals surface area contributed by atoms with Gasteiger partial charge in [-0.15, -0.1) is 11.3 Å². The lowest BCUT2D eigenvalue weighted by Gasteiger charge is -2.12. The van der Waals surface area contributed by atoms with Crippen LogP contribution >= 0.6 is 11.3 Å². The van der Waals surface area contributed by atoms with Crippen molar-refractivity contribution < 1.29 is 32.0 Å². The van der Waals surface area contributed by atoms with E-state index in [2.05, 4.69) is 9.71 Å². The van der Waals surface area contributed by atoms with E-state index in [9.17, 15) is 27.6 Å². The van der Waals surface area contributed by atoms with E-state index in [0.29, 0.717) is 10.4 Å². The minimum Gasteiger partial charge on any atom is -0.462 e. The molecule has 1 aliphatic rings. The number of carbonyl (C=O) groups is 3. The molecule has 0 saturated carbocycles. The highest BCUT2D eigenvalue weighted by Gasteiger charge is 2.36. The zero-order valence-corrected chi connectivity index (χ0v) is 20.2. The first-order valence-corrected chi connectivity index (χ1v) is 12.9. The van der Waals surface area contributed by atoms with Gasteiger partial charge in [-0.25, -0.2) is 18.0 Å². The van der Waals surface area contributed by atoms with Gasteiger partial charge >= 0.3 is 11.7 Å². The van der Waals surface area contributed by atoms with Crippen LogP contribution in [0, 0.1) is 0 Å². The first kappa shape index (κ1) is 23.5. The Morgan fingerprint density at radius 1 is 1.08 bits per heavy atom. The summed E-state index contributed by atoms with van der Waals surface area (Å²) in [4.78, 5) is 53.1. The Hall–Kier alpha value is -4.23. The summed E-state index contributed by atoms with van der Waals surface area (Å²) in [7, 11) is -4.22. The van der Waals surface area contributed by atoms with Gasteiger partial charge in [0.25, 0.3) is 21.8 Å². The number of rotatable bonds is 7. The number of hydrogen-bond acceptors (Lipinski definition) is 9. The average molecular weight is 528 g/mol. The predicted molar refractivity (Wildman–Crippen MR) is 129 cm³/mol. The number of anilines is 1. The number of sulfonamides is 1. The van der Waals surface area contributed by atoms with Crippen LogP contribution in [0.25, 0.3) is 11.1 Å². The van der Waals surface area contributed by atoms with E-state index in [4.69, 9.17) is 9.15 Å². The first-order chi connectivity index (χ1) is 17.2. The van der Waals surface area contributed by atoms with Crippen LogP contribution in [0.1, 0.15) is 42.9 Å². The van der Waals surface area contributed by atoms with Crippen molar-refractivity contribution in [3.8, 4) is 0 Å². The second kappa shape index (κ2) is 8.77.